The minimum absolute atomic E-state index is 0.609. The maximum absolute atomic E-state index is 8.93. The van der Waals surface area contributed by atoms with Crippen molar-refractivity contribution in [3.8, 4) is 17.6 Å². The Balaban J connectivity index is 2.61. The van der Waals surface area contributed by atoms with E-state index >= 15 is 0 Å². The summed E-state index contributed by atoms with van der Waals surface area (Å²) in [4.78, 5) is 0. The molecule has 0 N–H and O–H groups in total. The Kier molecular flexibility index (Phi) is 1.82. The van der Waals surface area contributed by atoms with Crippen LogP contribution in [0.25, 0.3) is 0 Å². The van der Waals surface area contributed by atoms with E-state index in [2.05, 4.69) is 6.07 Å². The fourth-order valence-electron chi connectivity index (χ4n) is 1.55. The molecule has 0 saturated heterocycles. The van der Waals surface area contributed by atoms with Crippen molar-refractivity contribution in [2.45, 2.75) is 6.42 Å². The molecule has 0 atom stereocenters. The van der Waals surface area contributed by atoms with Crippen molar-refractivity contribution >= 4 is 0 Å². The highest BCUT2D eigenvalue weighted by atomic mass is 16.5. The lowest BCUT2D eigenvalue weighted by Gasteiger charge is -2.05. The average molecular weight is 175 g/mol. The van der Waals surface area contributed by atoms with Gasteiger partial charge in [0.2, 0.25) is 0 Å². The lowest BCUT2D eigenvalue weighted by atomic mass is 10.1. The van der Waals surface area contributed by atoms with Crippen LogP contribution in [-0.2, 0) is 6.42 Å². The number of ether oxygens (including phenoxy) is 2. The van der Waals surface area contributed by atoms with E-state index in [0.717, 1.165) is 17.7 Å². The van der Waals surface area contributed by atoms with Crippen molar-refractivity contribution in [1.29, 1.82) is 5.26 Å². The Morgan fingerprint density at radius 1 is 1.54 bits per heavy atom. The molecule has 0 bridgehead atoms. The van der Waals surface area contributed by atoms with E-state index in [1.807, 2.05) is 6.07 Å². The van der Waals surface area contributed by atoms with Gasteiger partial charge in [-0.25, -0.2) is 0 Å². The molecule has 0 saturated carbocycles. The smallest absolute Gasteiger partial charge is 0.137 e. The highest BCUT2D eigenvalue weighted by Gasteiger charge is 2.19. The third-order valence-electron chi connectivity index (χ3n) is 2.17. The largest absolute Gasteiger partial charge is 0.495 e. The average Bonchev–Trinajstić information content (AvgIpc) is 2.63. The van der Waals surface area contributed by atoms with E-state index in [0.29, 0.717) is 17.9 Å². The summed E-state index contributed by atoms with van der Waals surface area (Å²) in [6.45, 7) is 0.664. The van der Waals surface area contributed by atoms with E-state index in [1.54, 1.807) is 13.2 Å². The summed E-state index contributed by atoms with van der Waals surface area (Å²) in [5.74, 6) is 1.45. The third-order valence-corrected chi connectivity index (χ3v) is 2.17. The third kappa shape index (κ3) is 1.11. The molecule has 0 aromatic heterocycles. The van der Waals surface area contributed by atoms with E-state index in [1.165, 1.54) is 0 Å². The summed E-state index contributed by atoms with van der Waals surface area (Å²) in [5, 5.41) is 8.93. The summed E-state index contributed by atoms with van der Waals surface area (Å²) in [5.41, 5.74) is 1.58. The molecule has 0 radical (unpaired) electrons. The lowest BCUT2D eigenvalue weighted by molar-refractivity contribution is 0.356. The summed E-state index contributed by atoms with van der Waals surface area (Å²) >= 11 is 0. The second kappa shape index (κ2) is 2.98. The molecule has 1 aromatic carbocycles. The second-order valence-corrected chi connectivity index (χ2v) is 2.83. The first kappa shape index (κ1) is 7.93. The Morgan fingerprint density at radius 3 is 3.08 bits per heavy atom. The Labute approximate surface area is 76.5 Å². The molecule has 3 heteroatoms. The van der Waals surface area contributed by atoms with Gasteiger partial charge in [-0.3, -0.25) is 0 Å². The van der Waals surface area contributed by atoms with Crippen LogP contribution in [0.2, 0.25) is 0 Å². The highest BCUT2D eigenvalue weighted by Crippen LogP contribution is 2.33. The first-order valence-electron chi connectivity index (χ1n) is 4.09. The predicted octanol–water partition coefficient (Wildman–Crippen LogP) is 1.50. The topological polar surface area (TPSA) is 42.2 Å². The minimum Gasteiger partial charge on any atom is -0.495 e. The molecular formula is C10H9NO2. The Morgan fingerprint density at radius 2 is 2.38 bits per heavy atom. The molecule has 1 heterocycles. The molecule has 0 amide bonds. The maximum Gasteiger partial charge on any atom is 0.137 e. The molecule has 66 valence electrons. The summed E-state index contributed by atoms with van der Waals surface area (Å²) in [6, 6.07) is 5.76. The van der Waals surface area contributed by atoms with Gasteiger partial charge in [0.05, 0.1) is 13.7 Å². The predicted molar refractivity (Wildman–Crippen MR) is 46.9 cm³/mol. The van der Waals surface area contributed by atoms with Gasteiger partial charge in [0.25, 0.3) is 0 Å². The van der Waals surface area contributed by atoms with E-state index in [4.69, 9.17) is 14.7 Å². The number of hydrogen-bond acceptors (Lipinski definition) is 3. The molecule has 0 unspecified atom stereocenters. The monoisotopic (exact) mass is 175 g/mol. The van der Waals surface area contributed by atoms with Gasteiger partial charge < -0.3 is 9.47 Å². The normalized spacial score (nSPS) is 12.9. The molecule has 3 nitrogen and oxygen atoms in total. The molecule has 1 aliphatic rings. The van der Waals surface area contributed by atoms with Crippen LogP contribution in [0.1, 0.15) is 11.1 Å². The molecule has 1 aromatic rings. The van der Waals surface area contributed by atoms with Crippen molar-refractivity contribution in [1.82, 2.24) is 0 Å². The van der Waals surface area contributed by atoms with Crippen LogP contribution in [-0.4, -0.2) is 13.7 Å². The summed E-state index contributed by atoms with van der Waals surface area (Å²) in [7, 11) is 1.57. The molecule has 13 heavy (non-hydrogen) atoms. The number of methoxy groups -OCH3 is 1. The van der Waals surface area contributed by atoms with Gasteiger partial charge in [-0.05, 0) is 12.1 Å². The van der Waals surface area contributed by atoms with E-state index < -0.39 is 0 Å². The number of benzene rings is 1. The fraction of sp³-hybridized carbons (Fsp3) is 0.300. The van der Waals surface area contributed by atoms with Gasteiger partial charge in [0.15, 0.2) is 0 Å². The number of rotatable bonds is 1. The highest BCUT2D eigenvalue weighted by molar-refractivity contribution is 5.56. The van der Waals surface area contributed by atoms with Crippen molar-refractivity contribution in [2.75, 3.05) is 13.7 Å². The standard InChI is InChI=1S/C10H9NO2/c1-12-9-2-3-10-7(4-5-13-10)8(9)6-11/h2-3H,4-5H2,1H3. The lowest BCUT2D eigenvalue weighted by Crippen LogP contribution is -1.91. The zero-order chi connectivity index (χ0) is 9.26. The number of nitrogens with zero attached hydrogens (tertiary/aromatic N) is 1. The van der Waals surface area contributed by atoms with Crippen LogP contribution in [0.4, 0.5) is 0 Å². The van der Waals surface area contributed by atoms with Crippen molar-refractivity contribution in [2.24, 2.45) is 0 Å². The van der Waals surface area contributed by atoms with Crippen LogP contribution in [0, 0.1) is 11.3 Å². The van der Waals surface area contributed by atoms with Crippen LogP contribution in [0.5, 0.6) is 11.5 Å². The first-order valence-corrected chi connectivity index (χ1v) is 4.09. The quantitative estimate of drug-likeness (QED) is 0.649. The van der Waals surface area contributed by atoms with Crippen molar-refractivity contribution < 1.29 is 9.47 Å². The zero-order valence-corrected chi connectivity index (χ0v) is 7.33. The van der Waals surface area contributed by atoms with Crippen molar-refractivity contribution in [3.05, 3.63) is 23.3 Å². The van der Waals surface area contributed by atoms with Crippen LogP contribution < -0.4 is 9.47 Å². The van der Waals surface area contributed by atoms with Gasteiger partial charge in [-0.1, -0.05) is 0 Å². The molecule has 0 aliphatic carbocycles. The van der Waals surface area contributed by atoms with Gasteiger partial charge in [0.1, 0.15) is 23.1 Å². The van der Waals surface area contributed by atoms with Crippen molar-refractivity contribution in [3.63, 3.8) is 0 Å². The SMILES string of the molecule is COc1ccc2c(c1C#N)CCO2. The van der Waals surface area contributed by atoms with E-state index in [-0.39, 0.29) is 0 Å². The summed E-state index contributed by atoms with van der Waals surface area (Å²) in [6.07, 6.45) is 0.801. The van der Waals surface area contributed by atoms with E-state index in [9.17, 15) is 0 Å². The number of fused-ring (bicyclic) bond motifs is 1. The molecular weight excluding hydrogens is 166 g/mol. The molecule has 2 rings (SSSR count). The minimum atomic E-state index is 0.609. The molecule has 0 spiro atoms. The van der Waals surface area contributed by atoms with Crippen LogP contribution in [0.15, 0.2) is 12.1 Å². The van der Waals surface area contributed by atoms with Gasteiger partial charge in [0, 0.05) is 12.0 Å². The Hall–Kier alpha value is -1.69. The van der Waals surface area contributed by atoms with Crippen LogP contribution in [0.3, 0.4) is 0 Å². The van der Waals surface area contributed by atoms with Gasteiger partial charge in [-0.15, -0.1) is 0 Å². The van der Waals surface area contributed by atoms with Crippen LogP contribution >= 0.6 is 0 Å². The second-order valence-electron chi connectivity index (χ2n) is 2.83. The number of nitriles is 1. The summed E-state index contributed by atoms with van der Waals surface area (Å²) < 4.78 is 10.4. The Bertz CT molecular complexity index is 379. The zero-order valence-electron chi connectivity index (χ0n) is 7.33. The number of hydrogen-bond donors (Lipinski definition) is 0. The fourth-order valence-corrected chi connectivity index (χ4v) is 1.55. The molecule has 0 fully saturated rings. The molecule has 1 aliphatic heterocycles. The van der Waals surface area contributed by atoms with Gasteiger partial charge in [-0.2, -0.15) is 5.26 Å². The first-order chi connectivity index (χ1) is 6.36. The van der Waals surface area contributed by atoms with Gasteiger partial charge >= 0.3 is 0 Å². The maximum atomic E-state index is 8.93.